The molecule has 1 atom stereocenters. The number of rotatable bonds is 3. The first-order valence-electron chi connectivity index (χ1n) is 5.13. The highest BCUT2D eigenvalue weighted by molar-refractivity contribution is 5.78. The van der Waals surface area contributed by atoms with E-state index in [1.54, 1.807) is 4.90 Å². The third kappa shape index (κ3) is 2.21. The molecule has 2 heterocycles. The van der Waals surface area contributed by atoms with Crippen LogP contribution in [-0.4, -0.2) is 29.1 Å². The van der Waals surface area contributed by atoms with E-state index < -0.39 is 0 Å². The van der Waals surface area contributed by atoms with E-state index >= 15 is 0 Å². The maximum absolute atomic E-state index is 11.5. The number of nitrogens with zero attached hydrogens (tertiary/aromatic N) is 1. The molecule has 1 saturated heterocycles. The molecule has 15 heavy (non-hydrogen) atoms. The molecule has 4 heteroatoms. The van der Waals surface area contributed by atoms with Crippen LogP contribution in [0.5, 0.6) is 0 Å². The minimum atomic E-state index is 0.0828. The quantitative estimate of drug-likeness (QED) is 0.805. The number of carbonyl (C=O) groups is 1. The van der Waals surface area contributed by atoms with E-state index in [0.717, 1.165) is 11.5 Å². The Morgan fingerprint density at radius 3 is 2.93 bits per heavy atom. The summed E-state index contributed by atoms with van der Waals surface area (Å²) in [6.45, 7) is 3.11. The van der Waals surface area contributed by atoms with Crippen LogP contribution in [0.4, 0.5) is 0 Å². The van der Waals surface area contributed by atoms with Gasteiger partial charge in [-0.3, -0.25) is 4.79 Å². The van der Waals surface area contributed by atoms with Gasteiger partial charge in [-0.2, -0.15) is 0 Å². The predicted molar refractivity (Wildman–Crippen MR) is 54.1 cm³/mol. The van der Waals surface area contributed by atoms with Crippen LogP contribution in [0.15, 0.2) is 16.5 Å². The number of likely N-dealkylation sites (tertiary alicyclic amines) is 1. The zero-order valence-electron chi connectivity index (χ0n) is 8.77. The Kier molecular flexibility index (Phi) is 2.77. The lowest BCUT2D eigenvalue weighted by Gasteiger charge is -2.14. The molecular weight excluding hydrogens is 194 g/mol. The monoisotopic (exact) mass is 209 g/mol. The second-order valence-electron chi connectivity index (χ2n) is 4.04. The number of amides is 1. The molecule has 1 N–H and O–H groups in total. The Morgan fingerprint density at radius 2 is 2.40 bits per heavy atom. The number of aliphatic hydroxyl groups excluding tert-OH is 1. The second kappa shape index (κ2) is 4.06. The van der Waals surface area contributed by atoms with E-state index in [4.69, 9.17) is 9.52 Å². The predicted octanol–water partition coefficient (Wildman–Crippen LogP) is 0.929. The Morgan fingerprint density at radius 1 is 1.60 bits per heavy atom. The molecule has 0 aliphatic carbocycles. The van der Waals surface area contributed by atoms with Crippen molar-refractivity contribution < 1.29 is 14.3 Å². The van der Waals surface area contributed by atoms with E-state index in [9.17, 15) is 4.79 Å². The van der Waals surface area contributed by atoms with Gasteiger partial charge in [-0.25, -0.2) is 0 Å². The van der Waals surface area contributed by atoms with Crippen molar-refractivity contribution in [1.29, 1.82) is 0 Å². The van der Waals surface area contributed by atoms with Crippen molar-refractivity contribution in [2.75, 3.05) is 13.2 Å². The largest absolute Gasteiger partial charge is 0.464 e. The van der Waals surface area contributed by atoms with Gasteiger partial charge in [0.1, 0.15) is 11.5 Å². The van der Waals surface area contributed by atoms with Crippen LogP contribution in [0.1, 0.15) is 17.9 Å². The normalized spacial score (nSPS) is 21.3. The molecule has 0 saturated carbocycles. The molecule has 4 nitrogen and oxygen atoms in total. The number of furan rings is 1. The lowest BCUT2D eigenvalue weighted by atomic mass is 10.1. The number of carbonyl (C=O) groups excluding carboxylic acids is 1. The van der Waals surface area contributed by atoms with Crippen LogP contribution >= 0.6 is 0 Å². The summed E-state index contributed by atoms with van der Waals surface area (Å²) in [4.78, 5) is 13.3. The van der Waals surface area contributed by atoms with Crippen molar-refractivity contribution in [3.8, 4) is 0 Å². The van der Waals surface area contributed by atoms with Gasteiger partial charge in [-0.15, -0.1) is 0 Å². The first kappa shape index (κ1) is 10.2. The first-order valence-corrected chi connectivity index (χ1v) is 5.13. The van der Waals surface area contributed by atoms with Crippen molar-refractivity contribution in [3.05, 3.63) is 23.7 Å². The Bertz CT molecular complexity index is 358. The smallest absolute Gasteiger partial charge is 0.223 e. The second-order valence-corrected chi connectivity index (χ2v) is 4.04. The maximum atomic E-state index is 11.5. The molecule has 1 aliphatic rings. The van der Waals surface area contributed by atoms with Gasteiger partial charge in [0, 0.05) is 25.5 Å². The van der Waals surface area contributed by atoms with Crippen LogP contribution in [0.25, 0.3) is 0 Å². The zero-order valence-corrected chi connectivity index (χ0v) is 8.77. The summed E-state index contributed by atoms with van der Waals surface area (Å²) in [6, 6.07) is 3.77. The summed E-state index contributed by atoms with van der Waals surface area (Å²) in [7, 11) is 0. The summed E-state index contributed by atoms with van der Waals surface area (Å²) in [5.74, 6) is 1.85. The number of aryl methyl sites for hydroxylation is 1. The molecule has 0 bridgehead atoms. The average molecular weight is 209 g/mol. The lowest BCUT2D eigenvalue weighted by Crippen LogP contribution is -2.24. The van der Waals surface area contributed by atoms with Crippen LogP contribution in [0.2, 0.25) is 0 Å². The van der Waals surface area contributed by atoms with E-state index in [0.29, 0.717) is 19.5 Å². The van der Waals surface area contributed by atoms with Crippen molar-refractivity contribution in [2.24, 2.45) is 5.92 Å². The molecular formula is C11H15NO3. The molecule has 0 aromatic carbocycles. The first-order chi connectivity index (χ1) is 7.19. The van der Waals surface area contributed by atoms with Crippen molar-refractivity contribution in [1.82, 2.24) is 4.90 Å². The van der Waals surface area contributed by atoms with Gasteiger partial charge in [0.2, 0.25) is 5.91 Å². The Hall–Kier alpha value is -1.29. The van der Waals surface area contributed by atoms with Gasteiger partial charge >= 0.3 is 0 Å². The van der Waals surface area contributed by atoms with Crippen molar-refractivity contribution >= 4 is 5.91 Å². The molecule has 1 aromatic rings. The van der Waals surface area contributed by atoms with Crippen LogP contribution in [0, 0.1) is 12.8 Å². The van der Waals surface area contributed by atoms with Crippen LogP contribution < -0.4 is 0 Å². The minimum Gasteiger partial charge on any atom is -0.464 e. The zero-order chi connectivity index (χ0) is 10.8. The van der Waals surface area contributed by atoms with E-state index in [1.165, 1.54) is 0 Å². The highest BCUT2D eigenvalue weighted by Crippen LogP contribution is 2.20. The van der Waals surface area contributed by atoms with Gasteiger partial charge in [0.05, 0.1) is 6.54 Å². The third-order valence-electron chi connectivity index (χ3n) is 2.70. The fraction of sp³-hybridized carbons (Fsp3) is 0.545. The third-order valence-corrected chi connectivity index (χ3v) is 2.70. The number of hydrogen-bond acceptors (Lipinski definition) is 3. The summed E-state index contributed by atoms with van der Waals surface area (Å²) < 4.78 is 5.41. The molecule has 0 spiro atoms. The van der Waals surface area contributed by atoms with Crippen molar-refractivity contribution in [2.45, 2.75) is 19.9 Å². The molecule has 82 valence electrons. The van der Waals surface area contributed by atoms with Crippen LogP contribution in [0.3, 0.4) is 0 Å². The average Bonchev–Trinajstić information content (AvgIpc) is 2.75. The maximum Gasteiger partial charge on any atom is 0.223 e. The van der Waals surface area contributed by atoms with Gasteiger partial charge in [-0.05, 0) is 19.1 Å². The SMILES string of the molecule is Cc1ccc(CN2CC(CO)CC2=O)o1. The van der Waals surface area contributed by atoms with Crippen LogP contribution in [-0.2, 0) is 11.3 Å². The van der Waals surface area contributed by atoms with E-state index in [2.05, 4.69) is 0 Å². The van der Waals surface area contributed by atoms with Crippen molar-refractivity contribution in [3.63, 3.8) is 0 Å². The highest BCUT2D eigenvalue weighted by atomic mass is 16.3. The Balaban J connectivity index is 1.98. The van der Waals surface area contributed by atoms with Gasteiger partial charge in [0.15, 0.2) is 0 Å². The van der Waals surface area contributed by atoms with E-state index in [-0.39, 0.29) is 18.4 Å². The van der Waals surface area contributed by atoms with Gasteiger partial charge < -0.3 is 14.4 Å². The number of hydrogen-bond donors (Lipinski definition) is 1. The topological polar surface area (TPSA) is 53.7 Å². The molecule has 2 rings (SSSR count). The number of aliphatic hydroxyl groups is 1. The standard InChI is InChI=1S/C11H15NO3/c1-8-2-3-10(15-8)6-12-5-9(7-13)4-11(12)14/h2-3,9,13H,4-7H2,1H3. The summed E-state index contributed by atoms with van der Waals surface area (Å²) >= 11 is 0. The molecule has 0 radical (unpaired) electrons. The molecule has 1 unspecified atom stereocenters. The molecule has 1 aromatic heterocycles. The van der Waals surface area contributed by atoms with Gasteiger partial charge in [-0.1, -0.05) is 0 Å². The molecule has 1 amide bonds. The molecule has 1 fully saturated rings. The van der Waals surface area contributed by atoms with E-state index in [1.807, 2.05) is 19.1 Å². The summed E-state index contributed by atoms with van der Waals surface area (Å²) in [6.07, 6.45) is 0.455. The Labute approximate surface area is 88.5 Å². The lowest BCUT2D eigenvalue weighted by molar-refractivity contribution is -0.128. The van der Waals surface area contributed by atoms with Gasteiger partial charge in [0.25, 0.3) is 0 Å². The summed E-state index contributed by atoms with van der Waals surface area (Å²) in [5.41, 5.74) is 0. The minimum absolute atomic E-state index is 0.0828. The fourth-order valence-corrected chi connectivity index (χ4v) is 1.89. The highest BCUT2D eigenvalue weighted by Gasteiger charge is 2.29. The molecule has 1 aliphatic heterocycles. The fourth-order valence-electron chi connectivity index (χ4n) is 1.89. The summed E-state index contributed by atoms with van der Waals surface area (Å²) in [5, 5.41) is 8.97.